The van der Waals surface area contributed by atoms with Crippen LogP contribution in [0.15, 0.2) is 76.8 Å². The lowest BCUT2D eigenvalue weighted by molar-refractivity contribution is -0.119. The molecule has 4 aromatic rings. The maximum atomic E-state index is 13.5. The Hall–Kier alpha value is -3.32. The highest BCUT2D eigenvalue weighted by Gasteiger charge is 2.19. The van der Waals surface area contributed by atoms with Gasteiger partial charge in [-0.05, 0) is 24.0 Å². The fourth-order valence-electron chi connectivity index (χ4n) is 4.57. The first-order chi connectivity index (χ1) is 16.7. The minimum atomic E-state index is -0.133. The molecule has 0 unspecified atom stereocenters. The summed E-state index contributed by atoms with van der Waals surface area (Å²) in [5.41, 5.74) is 3.86. The van der Waals surface area contributed by atoms with Crippen LogP contribution in [-0.2, 0) is 11.3 Å². The van der Waals surface area contributed by atoms with Crippen LogP contribution in [0, 0.1) is 0 Å². The van der Waals surface area contributed by atoms with E-state index in [0.717, 1.165) is 29.5 Å². The molecular formula is C27H28N4O2S. The molecule has 0 saturated heterocycles. The molecule has 0 atom stereocenters. The van der Waals surface area contributed by atoms with Crippen LogP contribution in [0.25, 0.3) is 22.2 Å². The Morgan fingerprint density at radius 3 is 2.47 bits per heavy atom. The molecule has 1 saturated carbocycles. The number of thioether (sulfide) groups is 1. The maximum Gasteiger partial charge on any atom is 0.278 e. The normalized spacial score (nSPS) is 14.4. The van der Waals surface area contributed by atoms with E-state index in [9.17, 15) is 9.59 Å². The summed E-state index contributed by atoms with van der Waals surface area (Å²) in [5, 5.41) is 3.71. The summed E-state index contributed by atoms with van der Waals surface area (Å²) >= 11 is 1.33. The lowest BCUT2D eigenvalue weighted by Crippen LogP contribution is -2.37. The van der Waals surface area contributed by atoms with Gasteiger partial charge in [0.1, 0.15) is 11.0 Å². The van der Waals surface area contributed by atoms with Gasteiger partial charge in [0, 0.05) is 17.8 Å². The number of amides is 1. The van der Waals surface area contributed by atoms with Crippen molar-refractivity contribution in [3.8, 4) is 11.1 Å². The van der Waals surface area contributed by atoms with E-state index in [0.29, 0.717) is 22.7 Å². The highest BCUT2D eigenvalue weighted by atomic mass is 32.2. The Balaban J connectivity index is 1.48. The molecule has 0 radical (unpaired) electrons. The summed E-state index contributed by atoms with van der Waals surface area (Å²) in [7, 11) is 0. The first-order valence-electron chi connectivity index (χ1n) is 11.8. The number of aromatic amines is 1. The number of hydrogen-bond acceptors (Lipinski definition) is 4. The molecule has 2 aromatic heterocycles. The molecule has 2 aromatic carbocycles. The fraction of sp³-hybridized carbons (Fsp3) is 0.296. The number of benzene rings is 2. The average molecular weight is 473 g/mol. The minimum absolute atomic E-state index is 0.00476. The highest BCUT2D eigenvalue weighted by molar-refractivity contribution is 7.99. The number of nitrogens with zero attached hydrogens (tertiary/aromatic N) is 2. The van der Waals surface area contributed by atoms with Crippen molar-refractivity contribution >= 4 is 28.7 Å². The molecule has 1 aliphatic rings. The van der Waals surface area contributed by atoms with Crippen LogP contribution in [0.3, 0.4) is 0 Å². The van der Waals surface area contributed by atoms with E-state index < -0.39 is 0 Å². The number of hydrogen-bond donors (Lipinski definition) is 2. The third kappa shape index (κ3) is 4.94. The molecular weight excluding hydrogens is 444 g/mol. The molecule has 174 valence electrons. The van der Waals surface area contributed by atoms with E-state index in [-0.39, 0.29) is 23.3 Å². The molecule has 34 heavy (non-hydrogen) atoms. The quantitative estimate of drug-likeness (QED) is 0.294. The number of fused-ring (bicyclic) bond motifs is 1. The summed E-state index contributed by atoms with van der Waals surface area (Å²) in [6.07, 6.45) is 7.51. The van der Waals surface area contributed by atoms with Gasteiger partial charge >= 0.3 is 0 Å². The van der Waals surface area contributed by atoms with Crippen molar-refractivity contribution in [3.05, 3.63) is 82.8 Å². The van der Waals surface area contributed by atoms with Crippen molar-refractivity contribution in [3.63, 3.8) is 0 Å². The molecule has 5 rings (SSSR count). The summed E-state index contributed by atoms with van der Waals surface area (Å²) < 4.78 is 1.67. The van der Waals surface area contributed by atoms with E-state index in [1.165, 1.54) is 31.0 Å². The Morgan fingerprint density at radius 1 is 1.03 bits per heavy atom. The number of nitrogens with one attached hydrogen (secondary N) is 2. The van der Waals surface area contributed by atoms with E-state index in [1.54, 1.807) is 4.57 Å². The van der Waals surface area contributed by atoms with Gasteiger partial charge in [-0.25, -0.2) is 4.98 Å². The van der Waals surface area contributed by atoms with Crippen molar-refractivity contribution in [1.82, 2.24) is 19.9 Å². The van der Waals surface area contributed by atoms with Gasteiger partial charge in [-0.3, -0.25) is 14.2 Å². The van der Waals surface area contributed by atoms with E-state index in [1.807, 2.05) is 66.9 Å². The number of carbonyl (C=O) groups is 1. The van der Waals surface area contributed by atoms with Gasteiger partial charge in [-0.1, -0.05) is 91.7 Å². The molecule has 2 N–H and O–H groups in total. The van der Waals surface area contributed by atoms with Gasteiger partial charge in [0.2, 0.25) is 5.91 Å². The standard InChI is InChI=1S/C27H28N4O2S/c32-23(29-21-14-8-3-9-15-21)18-34-27-30-24-22(20-12-6-2-7-13-20)16-28-25(24)26(33)31(27)17-19-10-4-1-5-11-19/h1-2,4-7,10-13,16,21,28H,3,8-9,14-15,17-18H2,(H,29,32). The zero-order valence-electron chi connectivity index (χ0n) is 19.0. The van der Waals surface area contributed by atoms with Crippen LogP contribution < -0.4 is 10.9 Å². The van der Waals surface area contributed by atoms with Gasteiger partial charge in [0.05, 0.1) is 12.3 Å². The van der Waals surface area contributed by atoms with Gasteiger partial charge in [-0.15, -0.1) is 0 Å². The second-order valence-electron chi connectivity index (χ2n) is 8.75. The van der Waals surface area contributed by atoms with Crippen LogP contribution in [0.4, 0.5) is 0 Å². The lowest BCUT2D eigenvalue weighted by Gasteiger charge is -2.22. The van der Waals surface area contributed by atoms with Crippen LogP contribution in [-0.4, -0.2) is 32.2 Å². The zero-order chi connectivity index (χ0) is 23.3. The molecule has 1 amide bonds. The fourth-order valence-corrected chi connectivity index (χ4v) is 5.38. The number of carbonyl (C=O) groups excluding carboxylic acids is 1. The van der Waals surface area contributed by atoms with Gasteiger partial charge < -0.3 is 10.3 Å². The van der Waals surface area contributed by atoms with Gasteiger partial charge in [0.15, 0.2) is 5.16 Å². The second kappa shape index (κ2) is 10.3. The van der Waals surface area contributed by atoms with Crippen LogP contribution in [0.1, 0.15) is 37.7 Å². The average Bonchev–Trinajstić information content (AvgIpc) is 3.31. The Kier molecular flexibility index (Phi) is 6.81. The van der Waals surface area contributed by atoms with Crippen LogP contribution >= 0.6 is 11.8 Å². The third-order valence-electron chi connectivity index (χ3n) is 6.32. The molecule has 2 heterocycles. The summed E-state index contributed by atoms with van der Waals surface area (Å²) in [6.45, 7) is 0.398. The number of rotatable bonds is 7. The molecule has 0 aliphatic heterocycles. The van der Waals surface area contributed by atoms with Crippen molar-refractivity contribution < 1.29 is 4.79 Å². The molecule has 1 fully saturated rings. The SMILES string of the molecule is O=C(CSc1nc2c(-c3ccccc3)c[nH]c2c(=O)n1Cc1ccccc1)NC1CCCCC1. The number of aromatic nitrogens is 3. The van der Waals surface area contributed by atoms with Crippen LogP contribution in [0.5, 0.6) is 0 Å². The Bertz CT molecular complexity index is 1330. The van der Waals surface area contributed by atoms with Gasteiger partial charge in [0.25, 0.3) is 5.56 Å². The maximum absolute atomic E-state index is 13.5. The third-order valence-corrected chi connectivity index (χ3v) is 7.30. The lowest BCUT2D eigenvalue weighted by atomic mass is 9.95. The highest BCUT2D eigenvalue weighted by Crippen LogP contribution is 2.28. The van der Waals surface area contributed by atoms with Crippen LogP contribution in [0.2, 0.25) is 0 Å². The predicted octanol–water partition coefficient (Wildman–Crippen LogP) is 4.98. The van der Waals surface area contributed by atoms with E-state index in [4.69, 9.17) is 4.98 Å². The zero-order valence-corrected chi connectivity index (χ0v) is 19.8. The smallest absolute Gasteiger partial charge is 0.278 e. The largest absolute Gasteiger partial charge is 0.355 e. The topological polar surface area (TPSA) is 79.8 Å². The first kappa shape index (κ1) is 22.5. The Labute approximate surface area is 202 Å². The second-order valence-corrected chi connectivity index (χ2v) is 9.70. The molecule has 0 spiro atoms. The van der Waals surface area contributed by atoms with Crippen molar-refractivity contribution in [2.45, 2.75) is 49.8 Å². The van der Waals surface area contributed by atoms with E-state index >= 15 is 0 Å². The molecule has 1 aliphatic carbocycles. The molecule has 7 heteroatoms. The van der Waals surface area contributed by atoms with Crippen molar-refractivity contribution in [2.24, 2.45) is 0 Å². The van der Waals surface area contributed by atoms with E-state index in [2.05, 4.69) is 10.3 Å². The first-order valence-corrected chi connectivity index (χ1v) is 12.8. The molecule has 6 nitrogen and oxygen atoms in total. The molecule has 0 bridgehead atoms. The monoisotopic (exact) mass is 472 g/mol. The summed E-state index contributed by atoms with van der Waals surface area (Å²) in [4.78, 5) is 34.3. The minimum Gasteiger partial charge on any atom is -0.355 e. The van der Waals surface area contributed by atoms with Crippen molar-refractivity contribution in [2.75, 3.05) is 5.75 Å². The summed E-state index contributed by atoms with van der Waals surface area (Å²) in [5.74, 6) is 0.226. The van der Waals surface area contributed by atoms with Crippen molar-refractivity contribution in [1.29, 1.82) is 0 Å². The number of H-pyrrole nitrogens is 1. The predicted molar refractivity (Wildman–Crippen MR) is 137 cm³/mol. The van der Waals surface area contributed by atoms with Gasteiger partial charge in [-0.2, -0.15) is 0 Å². The summed E-state index contributed by atoms with van der Waals surface area (Å²) in [6, 6.07) is 20.0. The Morgan fingerprint density at radius 2 is 1.74 bits per heavy atom.